The number of methoxy groups -OCH3 is 2. The third-order valence-electron chi connectivity index (χ3n) is 3.98. The molecule has 0 spiro atoms. The first-order chi connectivity index (χ1) is 9.74. The van der Waals surface area contributed by atoms with E-state index in [0.717, 1.165) is 42.3 Å². The van der Waals surface area contributed by atoms with E-state index in [2.05, 4.69) is 4.90 Å². The average Bonchev–Trinajstić information content (AvgIpc) is 2.70. The molecule has 0 N–H and O–H groups in total. The van der Waals surface area contributed by atoms with Gasteiger partial charge in [0.25, 0.3) is 0 Å². The van der Waals surface area contributed by atoms with E-state index in [-0.39, 0.29) is 0 Å². The number of rotatable bonds is 2. The molecule has 0 atom stereocenters. The van der Waals surface area contributed by atoms with Gasteiger partial charge < -0.3 is 14.4 Å². The molecule has 3 rings (SSSR count). The maximum Gasteiger partial charge on any atom is 0.167 e. The molecule has 2 aliphatic rings. The van der Waals surface area contributed by atoms with Crippen LogP contribution in [0, 0.1) is 0 Å². The SMILES string of the molecule is COc1cc(Cl)c2c(c1OC)CN1CCCCCC1=N2. The van der Waals surface area contributed by atoms with Crippen LogP contribution in [0.25, 0.3) is 0 Å². The molecule has 0 radical (unpaired) electrons. The lowest BCUT2D eigenvalue weighted by atomic mass is 10.1. The van der Waals surface area contributed by atoms with Gasteiger partial charge >= 0.3 is 0 Å². The van der Waals surface area contributed by atoms with Crippen molar-refractivity contribution in [2.24, 2.45) is 4.99 Å². The first-order valence-corrected chi connectivity index (χ1v) is 7.38. The maximum absolute atomic E-state index is 6.37. The van der Waals surface area contributed by atoms with Crippen LogP contribution >= 0.6 is 11.6 Å². The molecule has 108 valence electrons. The summed E-state index contributed by atoms with van der Waals surface area (Å²) in [5.41, 5.74) is 1.87. The van der Waals surface area contributed by atoms with Gasteiger partial charge in [-0.25, -0.2) is 4.99 Å². The Morgan fingerprint density at radius 3 is 2.80 bits per heavy atom. The summed E-state index contributed by atoms with van der Waals surface area (Å²) in [5, 5.41) is 0.633. The highest BCUT2D eigenvalue weighted by Gasteiger charge is 2.27. The van der Waals surface area contributed by atoms with E-state index in [9.17, 15) is 0 Å². The monoisotopic (exact) mass is 294 g/mol. The number of hydrogen-bond acceptors (Lipinski definition) is 4. The Hall–Kier alpha value is -1.42. The van der Waals surface area contributed by atoms with E-state index in [4.69, 9.17) is 26.1 Å². The number of ether oxygens (including phenoxy) is 2. The molecule has 1 fully saturated rings. The first-order valence-electron chi connectivity index (χ1n) is 7.00. The number of hydrogen-bond donors (Lipinski definition) is 0. The Morgan fingerprint density at radius 2 is 2.05 bits per heavy atom. The molecule has 0 saturated carbocycles. The van der Waals surface area contributed by atoms with Crippen molar-refractivity contribution in [1.82, 2.24) is 4.90 Å². The van der Waals surface area contributed by atoms with Crippen LogP contribution in [0.15, 0.2) is 11.1 Å². The van der Waals surface area contributed by atoms with Crippen molar-refractivity contribution < 1.29 is 9.47 Å². The zero-order valence-corrected chi connectivity index (χ0v) is 12.7. The maximum atomic E-state index is 6.37. The fourth-order valence-electron chi connectivity index (χ4n) is 2.96. The number of fused-ring (bicyclic) bond motifs is 2. The zero-order chi connectivity index (χ0) is 14.1. The van der Waals surface area contributed by atoms with Crippen molar-refractivity contribution in [3.8, 4) is 11.5 Å². The van der Waals surface area contributed by atoms with E-state index in [1.165, 1.54) is 19.3 Å². The van der Waals surface area contributed by atoms with Gasteiger partial charge in [-0.3, -0.25) is 0 Å². The Labute approximate surface area is 124 Å². The fourth-order valence-corrected chi connectivity index (χ4v) is 3.21. The molecule has 1 aromatic carbocycles. The second-order valence-electron chi connectivity index (χ2n) is 5.18. The molecular formula is C15H19ClN2O2. The van der Waals surface area contributed by atoms with Crippen molar-refractivity contribution in [3.05, 3.63) is 16.7 Å². The normalized spacial score (nSPS) is 17.8. The number of nitrogens with zero attached hydrogens (tertiary/aromatic N) is 2. The summed E-state index contributed by atoms with van der Waals surface area (Å²) in [7, 11) is 3.29. The average molecular weight is 295 g/mol. The molecule has 0 unspecified atom stereocenters. The van der Waals surface area contributed by atoms with E-state index >= 15 is 0 Å². The standard InChI is InChI=1S/C15H19ClN2O2/c1-19-12-8-11(16)14-10(15(12)20-2)9-18-7-5-3-4-6-13(18)17-14/h8H,3-7,9H2,1-2H3. The summed E-state index contributed by atoms with van der Waals surface area (Å²) in [6.45, 7) is 1.85. The summed E-state index contributed by atoms with van der Waals surface area (Å²) in [6, 6.07) is 1.79. The molecule has 1 saturated heterocycles. The predicted octanol–water partition coefficient (Wildman–Crippen LogP) is 3.78. The third kappa shape index (κ3) is 2.22. The highest BCUT2D eigenvalue weighted by Crippen LogP contribution is 2.45. The predicted molar refractivity (Wildman–Crippen MR) is 80.5 cm³/mol. The minimum Gasteiger partial charge on any atom is -0.493 e. The largest absolute Gasteiger partial charge is 0.493 e. The molecular weight excluding hydrogens is 276 g/mol. The first kappa shape index (κ1) is 13.6. The quantitative estimate of drug-likeness (QED) is 0.832. The highest BCUT2D eigenvalue weighted by atomic mass is 35.5. The molecule has 2 heterocycles. The second kappa shape index (κ2) is 5.52. The fraction of sp³-hybridized carbons (Fsp3) is 0.533. The Morgan fingerprint density at radius 1 is 1.20 bits per heavy atom. The van der Waals surface area contributed by atoms with E-state index < -0.39 is 0 Å². The topological polar surface area (TPSA) is 34.1 Å². The van der Waals surface area contributed by atoms with Crippen molar-refractivity contribution in [2.75, 3.05) is 20.8 Å². The van der Waals surface area contributed by atoms with E-state index in [1.807, 2.05) is 0 Å². The van der Waals surface area contributed by atoms with Gasteiger partial charge in [-0.05, 0) is 12.8 Å². The van der Waals surface area contributed by atoms with Crippen molar-refractivity contribution in [2.45, 2.75) is 32.2 Å². The van der Waals surface area contributed by atoms with E-state index in [0.29, 0.717) is 10.8 Å². The molecule has 4 nitrogen and oxygen atoms in total. The lowest BCUT2D eigenvalue weighted by Gasteiger charge is -2.30. The number of halogens is 1. The highest BCUT2D eigenvalue weighted by molar-refractivity contribution is 6.33. The number of aliphatic imine (C=N–C) groups is 1. The summed E-state index contributed by atoms with van der Waals surface area (Å²) in [5.74, 6) is 2.58. The molecule has 0 amide bonds. The second-order valence-corrected chi connectivity index (χ2v) is 5.59. The smallest absolute Gasteiger partial charge is 0.167 e. The van der Waals surface area contributed by atoms with Crippen LogP contribution < -0.4 is 9.47 Å². The van der Waals surface area contributed by atoms with Crippen LogP contribution in [0.2, 0.25) is 5.02 Å². The lowest BCUT2D eigenvalue weighted by Crippen LogP contribution is -2.32. The minimum atomic E-state index is 0.633. The Bertz CT molecular complexity index is 557. The molecule has 5 heteroatoms. The molecule has 0 bridgehead atoms. The van der Waals surface area contributed by atoms with Gasteiger partial charge in [-0.2, -0.15) is 0 Å². The van der Waals surface area contributed by atoms with Gasteiger partial charge in [0, 0.05) is 24.6 Å². The van der Waals surface area contributed by atoms with Gasteiger partial charge in [-0.15, -0.1) is 0 Å². The molecule has 1 aromatic rings. The molecule has 2 aliphatic heterocycles. The third-order valence-corrected chi connectivity index (χ3v) is 4.26. The van der Waals surface area contributed by atoms with Crippen LogP contribution in [0.1, 0.15) is 31.2 Å². The Balaban J connectivity index is 2.12. The summed E-state index contributed by atoms with van der Waals surface area (Å²) >= 11 is 6.37. The molecule has 0 aliphatic carbocycles. The number of benzene rings is 1. The van der Waals surface area contributed by atoms with Crippen LogP contribution in [-0.2, 0) is 6.54 Å². The van der Waals surface area contributed by atoms with Crippen LogP contribution in [-0.4, -0.2) is 31.5 Å². The van der Waals surface area contributed by atoms with E-state index in [1.54, 1.807) is 20.3 Å². The number of amidine groups is 1. The molecule has 20 heavy (non-hydrogen) atoms. The zero-order valence-electron chi connectivity index (χ0n) is 11.9. The minimum absolute atomic E-state index is 0.633. The van der Waals surface area contributed by atoms with Gasteiger partial charge in [0.05, 0.1) is 31.5 Å². The van der Waals surface area contributed by atoms with Crippen molar-refractivity contribution in [1.29, 1.82) is 0 Å². The Kier molecular flexibility index (Phi) is 3.74. The van der Waals surface area contributed by atoms with Crippen LogP contribution in [0.5, 0.6) is 11.5 Å². The van der Waals surface area contributed by atoms with Crippen LogP contribution in [0.4, 0.5) is 5.69 Å². The van der Waals surface area contributed by atoms with Gasteiger partial charge in [0.2, 0.25) is 0 Å². The lowest BCUT2D eigenvalue weighted by molar-refractivity contribution is 0.339. The summed E-state index contributed by atoms with van der Waals surface area (Å²) < 4.78 is 10.9. The summed E-state index contributed by atoms with van der Waals surface area (Å²) in [6.07, 6.45) is 4.72. The molecule has 0 aromatic heterocycles. The van der Waals surface area contributed by atoms with Crippen molar-refractivity contribution >= 4 is 23.1 Å². The van der Waals surface area contributed by atoms with Gasteiger partial charge in [-0.1, -0.05) is 18.0 Å². The van der Waals surface area contributed by atoms with Gasteiger partial charge in [0.1, 0.15) is 5.84 Å². The van der Waals surface area contributed by atoms with Crippen molar-refractivity contribution in [3.63, 3.8) is 0 Å². The van der Waals surface area contributed by atoms with Gasteiger partial charge in [0.15, 0.2) is 11.5 Å². The summed E-state index contributed by atoms with van der Waals surface area (Å²) in [4.78, 5) is 7.13. The van der Waals surface area contributed by atoms with Crippen LogP contribution in [0.3, 0.4) is 0 Å².